The number of carbonyl (C=O) groups is 12. The van der Waals surface area contributed by atoms with Gasteiger partial charge in [-0.15, -0.1) is 11.8 Å². The summed E-state index contributed by atoms with van der Waals surface area (Å²) in [4.78, 5) is 185. The highest BCUT2D eigenvalue weighted by Crippen LogP contribution is 2.29. The van der Waals surface area contributed by atoms with Gasteiger partial charge < -0.3 is 60.3 Å². The van der Waals surface area contributed by atoms with Gasteiger partial charge in [0.05, 0.1) is 6.54 Å². The summed E-state index contributed by atoms with van der Waals surface area (Å²) in [5, 5.41) is 11.1. The normalized spacial score (nSPS) is 25.4. The van der Waals surface area contributed by atoms with Crippen LogP contribution in [0.1, 0.15) is 156 Å². The van der Waals surface area contributed by atoms with E-state index >= 15 is 19.2 Å². The van der Waals surface area contributed by atoms with E-state index in [0.717, 1.165) is 14.7 Å². The number of likely N-dealkylation sites (N-methyl/N-ethyl adjacent to an activating group) is 7. The Morgan fingerprint density at radius 2 is 0.935 bits per heavy atom. The van der Waals surface area contributed by atoms with Gasteiger partial charge in [0.1, 0.15) is 66.5 Å². The van der Waals surface area contributed by atoms with Crippen LogP contribution >= 0.6 is 11.8 Å². The minimum Gasteiger partial charge on any atom is -0.460 e. The summed E-state index contributed by atoms with van der Waals surface area (Å²) < 4.78 is 6.06. The van der Waals surface area contributed by atoms with E-state index in [1.54, 1.807) is 53.3 Å². The van der Waals surface area contributed by atoms with E-state index in [-0.39, 0.29) is 55.8 Å². The lowest BCUT2D eigenvalue weighted by Gasteiger charge is -2.42. The highest BCUT2D eigenvalue weighted by molar-refractivity contribution is 7.99. The maximum Gasteiger partial charge on any atom is 0.303 e. The van der Waals surface area contributed by atoms with Crippen LogP contribution in [0, 0.1) is 41.4 Å². The summed E-state index contributed by atoms with van der Waals surface area (Å²) in [5.74, 6) is -10.2. The zero-order valence-corrected chi connectivity index (χ0v) is 61.1. The average Bonchev–Trinajstić information content (AvgIpc) is 0.824. The Morgan fingerprint density at radius 1 is 0.495 bits per heavy atom. The molecule has 2 rings (SSSR count). The quantitative estimate of drug-likeness (QED) is 0.111. The lowest BCUT2D eigenvalue weighted by molar-refractivity contribution is -0.164. The molecule has 25 heteroatoms. The van der Waals surface area contributed by atoms with Gasteiger partial charge >= 0.3 is 5.97 Å². The fourth-order valence-corrected chi connectivity index (χ4v) is 12.7. The molecular formula is C68H115N11O13S. The van der Waals surface area contributed by atoms with Crippen molar-refractivity contribution in [2.45, 2.75) is 228 Å². The summed E-state index contributed by atoms with van der Waals surface area (Å²) in [5.41, 5.74) is 0. The summed E-state index contributed by atoms with van der Waals surface area (Å²) >= 11 is 1.54. The van der Waals surface area contributed by atoms with Crippen molar-refractivity contribution in [1.82, 2.24) is 55.6 Å². The molecule has 0 radical (unpaired) electrons. The molecule has 0 saturated carbocycles. The fraction of sp³-hybridized carbons (Fsp3) is 0.735. The van der Waals surface area contributed by atoms with E-state index in [0.29, 0.717) is 12.2 Å². The number of hydrogen-bond donors (Lipinski definition) is 4. The van der Waals surface area contributed by atoms with Crippen LogP contribution in [0.15, 0.2) is 35.2 Å². The van der Waals surface area contributed by atoms with E-state index in [9.17, 15) is 38.4 Å². The zero-order valence-electron chi connectivity index (χ0n) is 60.3. The number of carbonyl (C=O) groups excluding carboxylic acids is 12. The average molecular weight is 1330 g/mol. The van der Waals surface area contributed by atoms with E-state index in [1.807, 2.05) is 85.7 Å². The molecule has 0 spiro atoms. The summed E-state index contributed by atoms with van der Waals surface area (Å²) in [6.07, 6.45) is -0.390. The molecule has 526 valence electrons. The van der Waals surface area contributed by atoms with Crippen molar-refractivity contribution in [2.24, 2.45) is 41.4 Å². The third-order valence-electron chi connectivity index (χ3n) is 17.2. The molecule has 1 heterocycles. The number of nitrogens with one attached hydrogen (secondary N) is 4. The second-order valence-corrected chi connectivity index (χ2v) is 29.0. The molecule has 0 aromatic heterocycles. The first-order valence-corrected chi connectivity index (χ1v) is 34.0. The first-order valence-electron chi connectivity index (χ1n) is 33.0. The Bertz CT molecular complexity index is 2710. The van der Waals surface area contributed by atoms with Crippen LogP contribution in [-0.4, -0.2) is 233 Å². The summed E-state index contributed by atoms with van der Waals surface area (Å²) in [7, 11) is 9.94. The van der Waals surface area contributed by atoms with Crippen molar-refractivity contribution in [1.29, 1.82) is 0 Å². The molecule has 1 aromatic rings. The molecular weight excluding hydrogens is 1210 g/mol. The molecule has 12 atom stereocenters. The van der Waals surface area contributed by atoms with Crippen LogP contribution in [0.25, 0.3) is 0 Å². The van der Waals surface area contributed by atoms with Gasteiger partial charge in [0.25, 0.3) is 0 Å². The van der Waals surface area contributed by atoms with Gasteiger partial charge in [0, 0.05) is 61.2 Å². The summed E-state index contributed by atoms with van der Waals surface area (Å²) in [6, 6.07) is -2.96. The maximum atomic E-state index is 15.6. The highest BCUT2D eigenvalue weighted by atomic mass is 32.2. The predicted molar refractivity (Wildman–Crippen MR) is 360 cm³/mol. The van der Waals surface area contributed by atoms with Gasteiger partial charge in [-0.3, -0.25) is 57.5 Å². The fourth-order valence-electron chi connectivity index (χ4n) is 11.6. The number of thioether (sulfide) groups is 1. The van der Waals surface area contributed by atoms with Crippen LogP contribution in [0.5, 0.6) is 0 Å². The Labute approximate surface area is 559 Å². The monoisotopic (exact) mass is 1330 g/mol. The van der Waals surface area contributed by atoms with Crippen molar-refractivity contribution in [3.05, 3.63) is 30.3 Å². The molecule has 1 aliphatic heterocycles. The molecule has 11 amide bonds. The molecule has 1 aliphatic rings. The lowest BCUT2D eigenvalue weighted by atomic mass is 9.91. The molecule has 93 heavy (non-hydrogen) atoms. The van der Waals surface area contributed by atoms with Gasteiger partial charge in [0.15, 0.2) is 0 Å². The molecule has 0 aliphatic carbocycles. The first-order chi connectivity index (χ1) is 43.1. The number of benzene rings is 1. The molecule has 0 bridgehead atoms. The molecule has 4 N–H and O–H groups in total. The standard InChI is InChI=1S/C68H115N11O13S/c1-25-49-64(87)73(18)37-54(81)74(19)50(33-38(2)3)61(84)72-55(42(10)11)67(90)75(20)51(34-39(4)5)60(83)69-45(15)59(82)70-46(16)63(86)76(21)52(35-40(6)7)65(88)77(22)53(36-41(8)9)66(89)78(23)56(43(12)13)68(91)79(24)57(62(85)71-49)58(92-47(17)80)44(14)31-32-93-48-29-27-26-28-30-48/h26-30,38-46,49-53,55-58H,25,31-37H2,1-24H3,(H,69,83)(H,70,82)(H,71,85)(H,72,84)/t44-,45+,46-,49+,50+,51+,52+,53+,55+,56+,57?,58-/m1/s1. The van der Waals surface area contributed by atoms with E-state index in [4.69, 9.17) is 4.74 Å². The topological polar surface area (TPSA) is 285 Å². The third-order valence-corrected chi connectivity index (χ3v) is 18.2. The van der Waals surface area contributed by atoms with Crippen molar-refractivity contribution in [2.75, 3.05) is 61.6 Å². The van der Waals surface area contributed by atoms with Crippen LogP contribution in [-0.2, 0) is 62.3 Å². The molecule has 1 unspecified atom stereocenters. The number of amides is 11. The Kier molecular flexibility index (Phi) is 33.6. The largest absolute Gasteiger partial charge is 0.460 e. The molecule has 1 fully saturated rings. The van der Waals surface area contributed by atoms with Gasteiger partial charge in [-0.05, 0) is 112 Å². The second-order valence-electron chi connectivity index (χ2n) is 27.8. The van der Waals surface area contributed by atoms with Crippen LogP contribution in [0.4, 0.5) is 0 Å². The first kappa shape index (κ1) is 82.3. The Balaban J connectivity index is 3.05. The van der Waals surface area contributed by atoms with Crippen molar-refractivity contribution < 1.29 is 62.3 Å². The van der Waals surface area contributed by atoms with Gasteiger partial charge in [-0.1, -0.05) is 115 Å². The van der Waals surface area contributed by atoms with Gasteiger partial charge in [-0.2, -0.15) is 0 Å². The minimum absolute atomic E-state index is 0.00761. The van der Waals surface area contributed by atoms with E-state index in [2.05, 4.69) is 21.3 Å². The number of nitrogens with zero attached hydrogens (tertiary/aromatic N) is 7. The Hall–Kier alpha value is -6.79. The van der Waals surface area contributed by atoms with Crippen molar-refractivity contribution in [3.63, 3.8) is 0 Å². The number of rotatable bonds is 18. The van der Waals surface area contributed by atoms with Crippen LogP contribution in [0.2, 0.25) is 0 Å². The second kappa shape index (κ2) is 37.9. The number of esters is 1. The zero-order chi connectivity index (χ0) is 71.4. The highest BCUT2D eigenvalue weighted by Gasteiger charge is 2.47. The van der Waals surface area contributed by atoms with Crippen LogP contribution < -0.4 is 21.3 Å². The predicted octanol–water partition coefficient (Wildman–Crippen LogP) is 5.06. The van der Waals surface area contributed by atoms with Gasteiger partial charge in [0.2, 0.25) is 65.0 Å². The molecule has 1 saturated heterocycles. The van der Waals surface area contributed by atoms with E-state index in [1.165, 1.54) is 94.6 Å². The molecule has 1 aromatic carbocycles. The molecule has 24 nitrogen and oxygen atoms in total. The SMILES string of the molecule is CC[C@@H]1NC(=O)C([C@H](OC(C)=O)[C@H](C)CCSc2ccccc2)N(C)C(=O)[C@H](C(C)C)N(C)C(=O)[C@H](CC(C)C)N(C)C(=O)[C@H](CC(C)C)N(C)C(=O)[C@@H](C)NC(=O)[C@H](C)NC(=O)[C@H](CC(C)C)N(C)C(=O)[C@H](C(C)C)NC(=O)[C@H](CC(C)C)N(C)C(=O)CN(C)C1=O. The van der Waals surface area contributed by atoms with Gasteiger partial charge in [-0.25, -0.2) is 0 Å². The Morgan fingerprint density at radius 3 is 1.41 bits per heavy atom. The van der Waals surface area contributed by atoms with Crippen molar-refractivity contribution in [3.8, 4) is 0 Å². The smallest absolute Gasteiger partial charge is 0.303 e. The van der Waals surface area contributed by atoms with Crippen molar-refractivity contribution >= 4 is 82.7 Å². The minimum atomic E-state index is -1.62. The maximum absolute atomic E-state index is 15.6. The third kappa shape index (κ3) is 23.9. The lowest BCUT2D eigenvalue weighted by Crippen LogP contribution is -2.64. The number of ether oxygens (including phenoxy) is 1. The van der Waals surface area contributed by atoms with E-state index < -0.39 is 162 Å². The van der Waals surface area contributed by atoms with Crippen LogP contribution in [0.3, 0.4) is 0 Å². The number of hydrogen-bond acceptors (Lipinski definition) is 14. The summed E-state index contributed by atoms with van der Waals surface area (Å²) in [6.45, 7) is 28.8.